The summed E-state index contributed by atoms with van der Waals surface area (Å²) in [6.45, 7) is 4.56. The predicted molar refractivity (Wildman–Crippen MR) is 20.8 cm³/mol. The third kappa shape index (κ3) is 3.67. The Morgan fingerprint density at radius 3 is 2.20 bits per heavy atom. The molecule has 0 amide bonds. The van der Waals surface area contributed by atoms with E-state index in [1.165, 1.54) is 0 Å². The summed E-state index contributed by atoms with van der Waals surface area (Å²) in [6.07, 6.45) is 0. The summed E-state index contributed by atoms with van der Waals surface area (Å²) in [5.74, 6) is 0. The van der Waals surface area contributed by atoms with Crippen LogP contribution in [0, 0.1) is 0 Å². The van der Waals surface area contributed by atoms with E-state index < -0.39 is 0 Å². The van der Waals surface area contributed by atoms with Crippen LogP contribution < -0.4 is 0 Å². The Bertz CT molecular complexity index is 38.9. The van der Waals surface area contributed by atoms with E-state index in [2.05, 4.69) is 6.58 Å². The number of hydrogen-bond acceptors (Lipinski definition) is 0. The molecule has 5 heavy (non-hydrogen) atoms. The fourth-order valence-corrected chi connectivity index (χ4v) is 0. The molecule has 0 rings (SSSR count). The maximum atomic E-state index is 11.0. The summed E-state index contributed by atoms with van der Waals surface area (Å²) in [5, 5.41) is 0. The van der Waals surface area contributed by atoms with Crippen LogP contribution in [0.2, 0.25) is 0 Å². The SMILES string of the molecule is C=C(C)CF. The summed E-state index contributed by atoms with van der Waals surface area (Å²) in [5.41, 5.74) is 0.588. The smallest absolute Gasteiger partial charge is 0.110 e. The van der Waals surface area contributed by atoms with Gasteiger partial charge in [0.05, 0.1) is 0 Å². The van der Waals surface area contributed by atoms with E-state index in [1.54, 1.807) is 6.92 Å². The first-order valence-electron chi connectivity index (χ1n) is 1.47. The summed E-state index contributed by atoms with van der Waals surface area (Å²) in [4.78, 5) is 0. The summed E-state index contributed by atoms with van der Waals surface area (Å²) in [7, 11) is 0. The number of alkyl halides is 1. The largest absolute Gasteiger partial charge is 0.246 e. The molecule has 0 spiro atoms. The van der Waals surface area contributed by atoms with Crippen molar-refractivity contribution in [1.29, 1.82) is 0 Å². The van der Waals surface area contributed by atoms with Crippen LogP contribution in [-0.2, 0) is 0 Å². The first-order valence-corrected chi connectivity index (χ1v) is 1.47. The Labute approximate surface area is 31.3 Å². The zero-order chi connectivity index (χ0) is 4.28. The minimum Gasteiger partial charge on any atom is -0.246 e. The molecule has 0 unspecified atom stereocenters. The molecule has 0 bridgehead atoms. The van der Waals surface area contributed by atoms with Crippen LogP contribution in [0.1, 0.15) is 6.92 Å². The van der Waals surface area contributed by atoms with Gasteiger partial charge in [0.15, 0.2) is 0 Å². The maximum absolute atomic E-state index is 11.0. The molecule has 0 radical (unpaired) electrons. The van der Waals surface area contributed by atoms with E-state index in [-0.39, 0.29) is 6.67 Å². The minimum atomic E-state index is -0.389. The highest BCUT2D eigenvalue weighted by Gasteiger charge is 1.71. The average molecular weight is 74.1 g/mol. The van der Waals surface area contributed by atoms with Crippen molar-refractivity contribution in [3.63, 3.8) is 0 Å². The van der Waals surface area contributed by atoms with E-state index >= 15 is 0 Å². The summed E-state index contributed by atoms with van der Waals surface area (Å²) >= 11 is 0. The molecule has 0 aromatic carbocycles. The molecule has 0 aromatic rings. The normalized spacial score (nSPS) is 7.60. The molecule has 0 aliphatic rings. The van der Waals surface area contributed by atoms with E-state index in [0.29, 0.717) is 5.57 Å². The Hall–Kier alpha value is -0.330. The van der Waals surface area contributed by atoms with Crippen LogP contribution in [0.15, 0.2) is 12.2 Å². The topological polar surface area (TPSA) is 0 Å². The average Bonchev–Trinajstić information content (AvgIpc) is 1.38. The monoisotopic (exact) mass is 74.1 g/mol. The molecule has 0 aromatic heterocycles. The van der Waals surface area contributed by atoms with Gasteiger partial charge in [0, 0.05) is 0 Å². The fourth-order valence-electron chi connectivity index (χ4n) is 0. The van der Waals surface area contributed by atoms with E-state index in [0.717, 1.165) is 0 Å². The first-order chi connectivity index (χ1) is 2.27. The number of hydrogen-bond donors (Lipinski definition) is 0. The maximum Gasteiger partial charge on any atom is 0.110 e. The van der Waals surface area contributed by atoms with Crippen molar-refractivity contribution in [2.24, 2.45) is 0 Å². The molecule has 0 aliphatic heterocycles. The Balaban J connectivity index is 2.85. The fraction of sp³-hybridized carbons (Fsp3) is 0.500. The molecule has 0 fully saturated rings. The lowest BCUT2D eigenvalue weighted by molar-refractivity contribution is 0.544. The van der Waals surface area contributed by atoms with Gasteiger partial charge < -0.3 is 0 Å². The van der Waals surface area contributed by atoms with Crippen LogP contribution in [0.3, 0.4) is 0 Å². The Morgan fingerprint density at radius 2 is 2.20 bits per heavy atom. The predicted octanol–water partition coefficient (Wildman–Crippen LogP) is 1.53. The van der Waals surface area contributed by atoms with Gasteiger partial charge in [0.1, 0.15) is 6.67 Å². The molecular formula is C4H7F. The molecular weight excluding hydrogens is 67.0 g/mol. The van der Waals surface area contributed by atoms with Crippen molar-refractivity contribution in [2.45, 2.75) is 6.92 Å². The molecule has 0 atom stereocenters. The second-order valence-electron chi connectivity index (χ2n) is 1.09. The third-order valence-electron chi connectivity index (χ3n) is 0.228. The molecule has 0 saturated carbocycles. The highest BCUT2D eigenvalue weighted by Crippen LogP contribution is 1.82. The number of allylic oxidation sites excluding steroid dienone is 1. The van der Waals surface area contributed by atoms with Gasteiger partial charge in [0.25, 0.3) is 0 Å². The first kappa shape index (κ1) is 4.67. The van der Waals surface area contributed by atoms with Gasteiger partial charge in [-0.3, -0.25) is 0 Å². The molecule has 0 saturated heterocycles. The number of halogens is 1. The zero-order valence-corrected chi connectivity index (χ0v) is 3.29. The Morgan fingerprint density at radius 1 is 2.00 bits per heavy atom. The summed E-state index contributed by atoms with van der Waals surface area (Å²) in [6, 6.07) is 0. The van der Waals surface area contributed by atoms with Gasteiger partial charge in [-0.15, -0.1) is 0 Å². The molecule has 0 N–H and O–H groups in total. The van der Waals surface area contributed by atoms with Crippen molar-refractivity contribution in [3.05, 3.63) is 12.2 Å². The molecule has 0 heterocycles. The molecule has 0 nitrogen and oxygen atoms in total. The van der Waals surface area contributed by atoms with Gasteiger partial charge in [-0.1, -0.05) is 6.58 Å². The van der Waals surface area contributed by atoms with Crippen molar-refractivity contribution < 1.29 is 4.39 Å². The minimum absolute atomic E-state index is 0.389. The van der Waals surface area contributed by atoms with Crippen LogP contribution in [0.4, 0.5) is 4.39 Å². The highest BCUT2D eigenvalue weighted by molar-refractivity contribution is 4.86. The van der Waals surface area contributed by atoms with Gasteiger partial charge >= 0.3 is 0 Å². The molecule has 0 aliphatic carbocycles. The van der Waals surface area contributed by atoms with Gasteiger partial charge in [0.2, 0.25) is 0 Å². The van der Waals surface area contributed by atoms with Crippen LogP contribution in [-0.4, -0.2) is 6.67 Å². The summed E-state index contributed by atoms with van der Waals surface area (Å²) < 4.78 is 11.0. The lowest BCUT2D eigenvalue weighted by Gasteiger charge is -1.76. The lowest BCUT2D eigenvalue weighted by Crippen LogP contribution is -1.67. The second kappa shape index (κ2) is 1.94. The highest BCUT2D eigenvalue weighted by atomic mass is 19.1. The van der Waals surface area contributed by atoms with Gasteiger partial charge in [-0.2, -0.15) is 0 Å². The molecule has 30 valence electrons. The Kier molecular flexibility index (Phi) is 1.81. The third-order valence-corrected chi connectivity index (χ3v) is 0.228. The second-order valence-corrected chi connectivity index (χ2v) is 1.09. The van der Waals surface area contributed by atoms with Crippen molar-refractivity contribution in [3.8, 4) is 0 Å². The van der Waals surface area contributed by atoms with Crippen LogP contribution in [0.5, 0.6) is 0 Å². The van der Waals surface area contributed by atoms with E-state index in [9.17, 15) is 4.39 Å². The van der Waals surface area contributed by atoms with Crippen LogP contribution >= 0.6 is 0 Å². The lowest BCUT2D eigenvalue weighted by atomic mass is 10.4. The van der Waals surface area contributed by atoms with E-state index in [1.807, 2.05) is 0 Å². The standard InChI is InChI=1S/C4H7F/c1-4(2)3-5/h1,3H2,2H3. The quantitative estimate of drug-likeness (QED) is 0.414. The van der Waals surface area contributed by atoms with E-state index in [4.69, 9.17) is 0 Å². The van der Waals surface area contributed by atoms with Crippen molar-refractivity contribution in [2.75, 3.05) is 6.67 Å². The van der Waals surface area contributed by atoms with Crippen molar-refractivity contribution >= 4 is 0 Å². The van der Waals surface area contributed by atoms with Gasteiger partial charge in [-0.25, -0.2) is 4.39 Å². The van der Waals surface area contributed by atoms with Crippen molar-refractivity contribution in [1.82, 2.24) is 0 Å². The number of rotatable bonds is 1. The van der Waals surface area contributed by atoms with Gasteiger partial charge in [-0.05, 0) is 12.5 Å². The van der Waals surface area contributed by atoms with Crippen LogP contribution in [0.25, 0.3) is 0 Å². The zero-order valence-electron chi connectivity index (χ0n) is 3.29. The molecule has 1 heteroatoms.